The fourth-order valence-electron chi connectivity index (χ4n) is 0.841. The van der Waals surface area contributed by atoms with Gasteiger partial charge in [-0.05, 0) is 30.7 Å². The van der Waals surface area contributed by atoms with Gasteiger partial charge in [0.1, 0.15) is 0 Å². The lowest BCUT2D eigenvalue weighted by Crippen LogP contribution is -2.06. The molecule has 0 aliphatic carbocycles. The highest BCUT2D eigenvalue weighted by molar-refractivity contribution is 7.99. The van der Waals surface area contributed by atoms with Gasteiger partial charge in [-0.15, -0.1) is 11.8 Å². The van der Waals surface area contributed by atoms with E-state index in [2.05, 4.69) is 0 Å². The molecule has 0 heterocycles. The van der Waals surface area contributed by atoms with E-state index in [1.54, 1.807) is 11.8 Å². The molecule has 72 valence electrons. The minimum Gasteiger partial charge on any atom is -0.392 e. The Morgan fingerprint density at radius 3 is 2.54 bits per heavy atom. The summed E-state index contributed by atoms with van der Waals surface area (Å²) in [5.74, 6) is 0.748. The molecule has 0 aromatic heterocycles. The Labute approximate surface area is 88.1 Å². The Morgan fingerprint density at radius 1 is 1.38 bits per heavy atom. The van der Waals surface area contributed by atoms with E-state index in [4.69, 9.17) is 11.6 Å². The van der Waals surface area contributed by atoms with Crippen LogP contribution in [0.25, 0.3) is 0 Å². The lowest BCUT2D eigenvalue weighted by Gasteiger charge is -2.06. The maximum Gasteiger partial charge on any atom is 0.0631 e. The first-order valence-corrected chi connectivity index (χ1v) is 5.65. The van der Waals surface area contributed by atoms with Crippen molar-refractivity contribution in [1.82, 2.24) is 0 Å². The highest BCUT2D eigenvalue weighted by atomic mass is 35.5. The molecule has 0 bridgehead atoms. The topological polar surface area (TPSA) is 20.2 Å². The van der Waals surface area contributed by atoms with E-state index in [-0.39, 0.29) is 6.10 Å². The molecule has 0 aliphatic heterocycles. The predicted molar refractivity (Wildman–Crippen MR) is 58.5 cm³/mol. The zero-order valence-corrected chi connectivity index (χ0v) is 9.11. The second kappa shape index (κ2) is 5.53. The van der Waals surface area contributed by atoms with Gasteiger partial charge in [-0.2, -0.15) is 0 Å². The summed E-state index contributed by atoms with van der Waals surface area (Å²) in [6, 6.07) is 7.66. The Kier molecular flexibility index (Phi) is 4.64. The van der Waals surface area contributed by atoms with Gasteiger partial charge in [0.25, 0.3) is 0 Å². The van der Waals surface area contributed by atoms with Crippen LogP contribution in [-0.4, -0.2) is 17.0 Å². The first kappa shape index (κ1) is 10.9. The maximum absolute atomic E-state index is 9.33. The second-order valence-electron chi connectivity index (χ2n) is 2.83. The third kappa shape index (κ3) is 4.03. The molecular formula is C10H13ClOS. The minimum absolute atomic E-state index is 0.208. The fraction of sp³-hybridized carbons (Fsp3) is 0.400. The van der Waals surface area contributed by atoms with Crippen LogP contribution in [0.1, 0.15) is 13.3 Å². The van der Waals surface area contributed by atoms with Gasteiger partial charge in [-0.3, -0.25) is 0 Å². The van der Waals surface area contributed by atoms with Crippen LogP contribution in [0.15, 0.2) is 29.2 Å². The Hall–Kier alpha value is -0.180. The third-order valence-corrected chi connectivity index (χ3v) is 3.14. The quantitative estimate of drug-likeness (QED) is 0.781. The molecular weight excluding hydrogens is 204 g/mol. The molecule has 1 nitrogen and oxygen atoms in total. The van der Waals surface area contributed by atoms with Gasteiger partial charge in [0.2, 0.25) is 0 Å². The summed E-state index contributed by atoms with van der Waals surface area (Å²) in [5.41, 5.74) is 0. The summed E-state index contributed by atoms with van der Waals surface area (Å²) in [6.07, 6.45) is 0.598. The Morgan fingerprint density at radius 2 is 2.00 bits per heavy atom. The number of rotatable bonds is 4. The number of aliphatic hydroxyl groups is 1. The molecule has 13 heavy (non-hydrogen) atoms. The molecule has 1 N–H and O–H groups in total. The van der Waals surface area contributed by atoms with E-state index in [1.165, 1.54) is 0 Å². The van der Waals surface area contributed by atoms with Crippen molar-refractivity contribution in [1.29, 1.82) is 0 Å². The van der Waals surface area contributed by atoms with Crippen molar-refractivity contribution in [2.45, 2.75) is 24.3 Å². The van der Waals surface area contributed by atoms with Gasteiger partial charge in [0.05, 0.1) is 6.10 Å². The van der Waals surface area contributed by atoms with Crippen LogP contribution in [0.2, 0.25) is 5.02 Å². The molecule has 0 saturated heterocycles. The van der Waals surface area contributed by atoms with Crippen molar-refractivity contribution < 1.29 is 5.11 Å². The zero-order chi connectivity index (χ0) is 9.68. The van der Waals surface area contributed by atoms with E-state index in [9.17, 15) is 5.11 Å². The highest BCUT2D eigenvalue weighted by Crippen LogP contribution is 2.21. The van der Waals surface area contributed by atoms with Crippen molar-refractivity contribution in [2.24, 2.45) is 0 Å². The molecule has 0 spiro atoms. The average Bonchev–Trinajstić information content (AvgIpc) is 2.16. The summed E-state index contributed by atoms with van der Waals surface area (Å²) >= 11 is 7.40. The van der Waals surface area contributed by atoms with Gasteiger partial charge in [-0.25, -0.2) is 0 Å². The van der Waals surface area contributed by atoms with Crippen molar-refractivity contribution in [2.75, 3.05) is 5.75 Å². The Bertz CT molecular complexity index is 248. The van der Waals surface area contributed by atoms with E-state index in [0.29, 0.717) is 0 Å². The number of hydrogen-bond donors (Lipinski definition) is 1. The molecule has 0 aliphatic rings. The average molecular weight is 217 g/mol. The summed E-state index contributed by atoms with van der Waals surface area (Å²) in [4.78, 5) is 1.15. The molecule has 0 amide bonds. The van der Waals surface area contributed by atoms with E-state index < -0.39 is 0 Å². The first-order chi connectivity index (χ1) is 6.22. The molecule has 1 atom stereocenters. The van der Waals surface area contributed by atoms with Crippen LogP contribution in [0, 0.1) is 0 Å². The van der Waals surface area contributed by atoms with Crippen molar-refractivity contribution in [3.05, 3.63) is 29.3 Å². The summed E-state index contributed by atoms with van der Waals surface area (Å²) in [7, 11) is 0. The molecule has 0 unspecified atom stereocenters. The predicted octanol–water partition coefficient (Wildman–Crippen LogP) is 3.20. The normalized spacial score (nSPS) is 12.8. The standard InChI is InChI=1S/C10H13ClOS/c1-2-9(12)7-13-10-5-3-8(11)4-6-10/h3-6,9,12H,2,7H2,1H3/t9-/m0/s1. The molecule has 1 aromatic carbocycles. The summed E-state index contributed by atoms with van der Waals surface area (Å²) in [6.45, 7) is 1.98. The molecule has 1 rings (SSSR count). The number of halogens is 1. The second-order valence-corrected chi connectivity index (χ2v) is 4.36. The molecule has 0 fully saturated rings. The van der Waals surface area contributed by atoms with Gasteiger partial charge >= 0.3 is 0 Å². The van der Waals surface area contributed by atoms with Gasteiger partial charge in [-0.1, -0.05) is 18.5 Å². The summed E-state index contributed by atoms with van der Waals surface area (Å²) in [5, 5.41) is 10.1. The molecule has 0 saturated carbocycles. The first-order valence-electron chi connectivity index (χ1n) is 4.28. The molecule has 0 radical (unpaired) electrons. The van der Waals surface area contributed by atoms with Crippen molar-refractivity contribution in [3.8, 4) is 0 Å². The minimum atomic E-state index is -0.208. The van der Waals surface area contributed by atoms with Crippen molar-refractivity contribution in [3.63, 3.8) is 0 Å². The van der Waals surface area contributed by atoms with Gasteiger partial charge in [0.15, 0.2) is 0 Å². The van der Waals surface area contributed by atoms with E-state index in [1.807, 2.05) is 31.2 Å². The zero-order valence-electron chi connectivity index (χ0n) is 7.53. The SMILES string of the molecule is CC[C@H](O)CSc1ccc(Cl)cc1. The van der Waals surface area contributed by atoms with Crippen LogP contribution in [-0.2, 0) is 0 Å². The van der Waals surface area contributed by atoms with Crippen LogP contribution in [0.5, 0.6) is 0 Å². The molecule has 1 aromatic rings. The number of benzene rings is 1. The Balaban J connectivity index is 2.41. The van der Waals surface area contributed by atoms with Crippen LogP contribution in [0.3, 0.4) is 0 Å². The number of thioether (sulfide) groups is 1. The monoisotopic (exact) mass is 216 g/mol. The van der Waals surface area contributed by atoms with Gasteiger partial charge < -0.3 is 5.11 Å². The highest BCUT2D eigenvalue weighted by Gasteiger charge is 2.01. The maximum atomic E-state index is 9.33. The lowest BCUT2D eigenvalue weighted by molar-refractivity contribution is 0.195. The van der Waals surface area contributed by atoms with Crippen LogP contribution >= 0.6 is 23.4 Å². The number of hydrogen-bond acceptors (Lipinski definition) is 2. The van der Waals surface area contributed by atoms with Crippen LogP contribution in [0.4, 0.5) is 0 Å². The number of aliphatic hydroxyl groups excluding tert-OH is 1. The largest absolute Gasteiger partial charge is 0.392 e. The summed E-state index contributed by atoms with van der Waals surface area (Å²) < 4.78 is 0. The lowest BCUT2D eigenvalue weighted by atomic mass is 10.3. The fourth-order valence-corrected chi connectivity index (χ4v) is 1.92. The van der Waals surface area contributed by atoms with Crippen LogP contribution < -0.4 is 0 Å². The van der Waals surface area contributed by atoms with E-state index >= 15 is 0 Å². The van der Waals surface area contributed by atoms with Gasteiger partial charge in [0, 0.05) is 15.7 Å². The molecule has 3 heteroatoms. The van der Waals surface area contributed by atoms with Crippen molar-refractivity contribution >= 4 is 23.4 Å². The smallest absolute Gasteiger partial charge is 0.0631 e. The third-order valence-electron chi connectivity index (χ3n) is 1.73. The van der Waals surface area contributed by atoms with E-state index in [0.717, 1.165) is 22.1 Å².